The third-order valence-electron chi connectivity index (χ3n) is 14.2. The Morgan fingerprint density at radius 3 is 1.45 bits per heavy atom. The number of para-hydroxylation sites is 4. The molecule has 0 unspecified atom stereocenters. The molecule has 11 aromatic rings. The third-order valence-corrected chi connectivity index (χ3v) is 14.2. The van der Waals surface area contributed by atoms with Crippen molar-refractivity contribution in [3.05, 3.63) is 210 Å². The van der Waals surface area contributed by atoms with Gasteiger partial charge in [0.1, 0.15) is 0 Å². The number of aryl methyl sites for hydroxylation is 1. The maximum absolute atomic E-state index is 2.54. The van der Waals surface area contributed by atoms with Crippen LogP contribution in [0.4, 0.5) is 0 Å². The van der Waals surface area contributed by atoms with E-state index in [4.69, 9.17) is 0 Å². The van der Waals surface area contributed by atoms with Gasteiger partial charge in [0.05, 0.1) is 22.1 Å². The fourth-order valence-corrected chi connectivity index (χ4v) is 11.5. The summed E-state index contributed by atoms with van der Waals surface area (Å²) in [4.78, 5) is 0. The van der Waals surface area contributed by atoms with Crippen molar-refractivity contribution in [1.29, 1.82) is 0 Å². The molecule has 2 nitrogen and oxygen atoms in total. The third kappa shape index (κ3) is 4.92. The second-order valence-corrected chi connectivity index (χ2v) is 18.0. The molecule has 0 saturated carbocycles. The van der Waals surface area contributed by atoms with Crippen LogP contribution in [0.25, 0.3) is 104 Å². The maximum atomic E-state index is 2.54. The van der Waals surface area contributed by atoms with Gasteiger partial charge in [-0.1, -0.05) is 153 Å². The van der Waals surface area contributed by atoms with Crippen LogP contribution < -0.4 is 0 Å². The van der Waals surface area contributed by atoms with E-state index in [0.717, 1.165) is 24.2 Å². The Labute approximate surface area is 361 Å². The smallest absolute Gasteiger partial charge is 0.0541 e. The number of nitrogens with zero attached hydrogens (tertiary/aromatic N) is 2. The summed E-state index contributed by atoms with van der Waals surface area (Å²) < 4.78 is 4.92. The van der Waals surface area contributed by atoms with Crippen molar-refractivity contribution < 1.29 is 0 Å². The van der Waals surface area contributed by atoms with Crippen LogP contribution in [0.1, 0.15) is 43.4 Å². The fourth-order valence-electron chi connectivity index (χ4n) is 11.5. The molecular formula is C60H44N2. The maximum Gasteiger partial charge on any atom is 0.0541 e. The van der Waals surface area contributed by atoms with Crippen molar-refractivity contribution in [2.24, 2.45) is 0 Å². The van der Waals surface area contributed by atoms with Gasteiger partial charge in [-0.2, -0.15) is 0 Å². The first kappa shape index (κ1) is 35.3. The summed E-state index contributed by atoms with van der Waals surface area (Å²) in [7, 11) is 0. The SMILES string of the molecule is Cc1cccc(-c2c3ccc(-n4c5ccccc5c5ccccc54)cc3c(-c3ccc4c(c3)C(C)(C)C3=C4CCC=C3)c3ccc(-n4c5ccccc5c5ccccc54)cc23)c1. The van der Waals surface area contributed by atoms with Crippen LogP contribution in [0.15, 0.2) is 194 Å². The van der Waals surface area contributed by atoms with Gasteiger partial charge in [-0.15, -0.1) is 0 Å². The summed E-state index contributed by atoms with van der Waals surface area (Å²) in [6.45, 7) is 7.05. The van der Waals surface area contributed by atoms with Gasteiger partial charge < -0.3 is 9.13 Å². The van der Waals surface area contributed by atoms with E-state index in [0.29, 0.717) is 0 Å². The van der Waals surface area contributed by atoms with Gasteiger partial charge in [0.2, 0.25) is 0 Å². The van der Waals surface area contributed by atoms with Crippen LogP contribution in [0, 0.1) is 6.92 Å². The molecule has 0 bridgehead atoms. The van der Waals surface area contributed by atoms with Crippen molar-refractivity contribution in [2.45, 2.75) is 39.0 Å². The number of hydrogen-bond acceptors (Lipinski definition) is 0. The summed E-state index contributed by atoms with van der Waals surface area (Å²) in [6.07, 6.45) is 6.97. The van der Waals surface area contributed by atoms with E-state index in [9.17, 15) is 0 Å². The Kier molecular flexibility index (Phi) is 7.43. The van der Waals surface area contributed by atoms with Crippen LogP contribution in [-0.4, -0.2) is 9.13 Å². The molecule has 0 N–H and O–H groups in total. The number of rotatable bonds is 4. The molecule has 2 aliphatic rings. The Hall–Kier alpha value is -7.42. The predicted octanol–water partition coefficient (Wildman–Crippen LogP) is 16.2. The van der Waals surface area contributed by atoms with Crippen LogP contribution >= 0.6 is 0 Å². The molecule has 0 aliphatic heterocycles. The summed E-state index contributed by atoms with van der Waals surface area (Å²) in [5.41, 5.74) is 19.2. The average Bonchev–Trinajstić information content (AvgIpc) is 3.91. The molecule has 2 aromatic heterocycles. The molecule has 2 aliphatic carbocycles. The van der Waals surface area contributed by atoms with Gasteiger partial charge >= 0.3 is 0 Å². The molecular weight excluding hydrogens is 749 g/mol. The molecule has 2 heteroatoms. The average molecular weight is 793 g/mol. The minimum atomic E-state index is -0.0808. The van der Waals surface area contributed by atoms with Crippen molar-refractivity contribution >= 4 is 70.7 Å². The number of fused-ring (bicyclic) bond motifs is 10. The number of aromatic nitrogens is 2. The van der Waals surface area contributed by atoms with Gasteiger partial charge in [-0.05, 0) is 140 Å². The Morgan fingerprint density at radius 2 is 0.935 bits per heavy atom. The van der Waals surface area contributed by atoms with Gasteiger partial charge in [-0.3, -0.25) is 0 Å². The van der Waals surface area contributed by atoms with Gasteiger partial charge in [0, 0.05) is 38.3 Å². The van der Waals surface area contributed by atoms with E-state index in [1.165, 1.54) is 115 Å². The second-order valence-electron chi connectivity index (χ2n) is 18.0. The highest BCUT2D eigenvalue weighted by Crippen LogP contribution is 2.53. The molecule has 0 radical (unpaired) electrons. The van der Waals surface area contributed by atoms with Crippen LogP contribution in [0.5, 0.6) is 0 Å². The lowest BCUT2D eigenvalue weighted by Gasteiger charge is -2.25. The zero-order valence-corrected chi connectivity index (χ0v) is 35.2. The van der Waals surface area contributed by atoms with Crippen molar-refractivity contribution in [3.63, 3.8) is 0 Å². The van der Waals surface area contributed by atoms with E-state index in [-0.39, 0.29) is 5.41 Å². The number of benzene rings is 9. The van der Waals surface area contributed by atoms with Gasteiger partial charge in [0.15, 0.2) is 0 Å². The molecule has 9 aromatic carbocycles. The summed E-state index contributed by atoms with van der Waals surface area (Å²) in [5.74, 6) is 0. The van der Waals surface area contributed by atoms with E-state index in [2.05, 4.69) is 218 Å². The summed E-state index contributed by atoms with van der Waals surface area (Å²) >= 11 is 0. The molecule has 0 saturated heterocycles. The molecule has 294 valence electrons. The van der Waals surface area contributed by atoms with E-state index >= 15 is 0 Å². The molecule has 0 amide bonds. The first-order chi connectivity index (χ1) is 30.4. The molecule has 2 heterocycles. The zero-order valence-electron chi connectivity index (χ0n) is 35.2. The molecule has 0 spiro atoms. The van der Waals surface area contributed by atoms with E-state index in [1.54, 1.807) is 0 Å². The highest BCUT2D eigenvalue weighted by Gasteiger charge is 2.37. The van der Waals surface area contributed by atoms with Crippen LogP contribution in [0.3, 0.4) is 0 Å². The van der Waals surface area contributed by atoms with Gasteiger partial charge in [0.25, 0.3) is 0 Å². The Bertz CT molecular complexity index is 3680. The van der Waals surface area contributed by atoms with Crippen LogP contribution in [0.2, 0.25) is 0 Å². The quantitative estimate of drug-likeness (QED) is 0.157. The normalized spacial score (nSPS) is 14.6. The van der Waals surface area contributed by atoms with E-state index in [1.807, 2.05) is 0 Å². The molecule has 0 atom stereocenters. The molecule has 13 rings (SSSR count). The highest BCUT2D eigenvalue weighted by molar-refractivity contribution is 6.23. The first-order valence-corrected chi connectivity index (χ1v) is 22.1. The standard InChI is InChI=1S/C60H44N2/c1-37-15-14-16-38(33-37)58-48-31-28-41(62-56-25-12-7-20-46(56)47-21-8-13-26-57(47)62)36-51(48)59(39-27-30-43-42-17-4-9-22-52(42)60(2,3)53(43)34-39)49-32-29-40(35-50(49)58)61-54-23-10-5-18-44(54)45-19-6-11-24-55(45)61/h5-16,18-36H,4,17H2,1-3H3. The second kappa shape index (κ2) is 13.0. The number of hydrogen-bond donors (Lipinski definition) is 0. The topological polar surface area (TPSA) is 9.86 Å². The van der Waals surface area contributed by atoms with Gasteiger partial charge in [-0.25, -0.2) is 0 Å². The number of allylic oxidation sites excluding steroid dienone is 4. The monoisotopic (exact) mass is 792 g/mol. The zero-order chi connectivity index (χ0) is 41.3. The lowest BCUT2D eigenvalue weighted by molar-refractivity contribution is 0.651. The lowest BCUT2D eigenvalue weighted by Crippen LogP contribution is -2.16. The summed E-state index contributed by atoms with van der Waals surface area (Å²) in [5, 5.41) is 10.1. The summed E-state index contributed by atoms with van der Waals surface area (Å²) in [6, 6.07) is 66.3. The largest absolute Gasteiger partial charge is 0.309 e. The van der Waals surface area contributed by atoms with Crippen molar-refractivity contribution in [3.8, 4) is 33.6 Å². The van der Waals surface area contributed by atoms with Crippen LogP contribution in [-0.2, 0) is 5.41 Å². The molecule has 0 fully saturated rings. The molecule has 62 heavy (non-hydrogen) atoms. The Morgan fingerprint density at radius 1 is 0.435 bits per heavy atom. The Balaban J connectivity index is 1.17. The fraction of sp³-hybridized carbons (Fsp3) is 0.100. The first-order valence-electron chi connectivity index (χ1n) is 22.1. The lowest BCUT2D eigenvalue weighted by atomic mass is 9.78. The van der Waals surface area contributed by atoms with Crippen molar-refractivity contribution in [1.82, 2.24) is 9.13 Å². The minimum absolute atomic E-state index is 0.0808. The highest BCUT2D eigenvalue weighted by atomic mass is 15.0. The predicted molar refractivity (Wildman–Crippen MR) is 264 cm³/mol. The minimum Gasteiger partial charge on any atom is -0.309 e. The van der Waals surface area contributed by atoms with Crippen molar-refractivity contribution in [2.75, 3.05) is 0 Å². The van der Waals surface area contributed by atoms with E-state index < -0.39 is 0 Å².